The molecule has 28 heavy (non-hydrogen) atoms. The van der Waals surface area contributed by atoms with Gasteiger partial charge in [0.1, 0.15) is 0 Å². The van der Waals surface area contributed by atoms with Gasteiger partial charge in [-0.2, -0.15) is 8.42 Å². The van der Waals surface area contributed by atoms with E-state index >= 15 is 0 Å². The fourth-order valence-corrected chi connectivity index (χ4v) is 4.34. The van der Waals surface area contributed by atoms with Crippen molar-refractivity contribution in [3.05, 3.63) is 41.0 Å². The number of nitrogens with zero attached hydrogens (tertiary/aromatic N) is 2. The van der Waals surface area contributed by atoms with Crippen LogP contribution in [0.2, 0.25) is 0 Å². The Hall–Kier alpha value is -2.12. The molecule has 0 atom stereocenters. The maximum absolute atomic E-state index is 12.4. The number of pyridine rings is 1. The average molecular weight is 404 g/mol. The van der Waals surface area contributed by atoms with Crippen molar-refractivity contribution in [1.82, 2.24) is 4.98 Å². The lowest BCUT2D eigenvalue weighted by molar-refractivity contribution is 0.0786. The molecule has 0 spiro atoms. The Balaban J connectivity index is 2.25. The van der Waals surface area contributed by atoms with Crippen LogP contribution in [-0.2, 0) is 22.2 Å². The summed E-state index contributed by atoms with van der Waals surface area (Å²) in [4.78, 5) is 4.68. The molecule has 2 N–H and O–H groups in total. The van der Waals surface area contributed by atoms with Gasteiger partial charge in [0.15, 0.2) is 5.82 Å². The second-order valence-electron chi connectivity index (χ2n) is 9.27. The Morgan fingerprint density at radius 3 is 2.36 bits per heavy atom. The molecule has 1 aromatic heterocycles. The van der Waals surface area contributed by atoms with Gasteiger partial charge in [0.25, 0.3) is 0 Å². The summed E-state index contributed by atoms with van der Waals surface area (Å²) in [5, 5.41) is 10.4. The average Bonchev–Trinajstić information content (AvgIpc) is 2.76. The maximum Gasteiger partial charge on any atom is 0.325 e. The van der Waals surface area contributed by atoms with Crippen molar-refractivity contribution >= 4 is 21.7 Å². The Labute approximate surface area is 167 Å². The fourth-order valence-electron chi connectivity index (χ4n) is 3.36. The molecule has 6 nitrogen and oxygen atoms in total. The van der Waals surface area contributed by atoms with Gasteiger partial charge in [-0.15, -0.1) is 0 Å². The highest BCUT2D eigenvalue weighted by Crippen LogP contribution is 2.41. The van der Waals surface area contributed by atoms with Gasteiger partial charge in [-0.3, -0.25) is 4.72 Å². The van der Waals surface area contributed by atoms with E-state index in [4.69, 9.17) is 0 Å². The van der Waals surface area contributed by atoms with Crippen LogP contribution in [0.5, 0.6) is 0 Å². The molecule has 2 heterocycles. The number of nitrogens with one attached hydrogen (secondary N) is 1. The maximum atomic E-state index is 12.4. The summed E-state index contributed by atoms with van der Waals surface area (Å²) in [5.41, 5.74) is 3.84. The van der Waals surface area contributed by atoms with Crippen LogP contribution in [0.15, 0.2) is 24.3 Å². The number of fused-ring (bicyclic) bond motifs is 1. The van der Waals surface area contributed by atoms with Crippen molar-refractivity contribution < 1.29 is 13.5 Å². The molecule has 1 aliphatic heterocycles. The zero-order valence-electron chi connectivity index (χ0n) is 17.6. The monoisotopic (exact) mass is 403 g/mol. The van der Waals surface area contributed by atoms with Crippen LogP contribution in [0.25, 0.3) is 11.3 Å². The SMILES string of the molecule is Cc1ccc(C(C)(C)O)cc1-c1cc(CC(C)(C)C)c2c(n1)N(C)S(=O)(=O)N2. The molecule has 1 aromatic carbocycles. The standard InChI is InChI=1S/C21H29N3O3S/c1-13-8-9-15(21(5,6)25)11-16(13)17-10-14(12-20(2,3)4)18-19(22-17)24(7)28(26,27)23-18/h8-11,23,25H,12H2,1-7H3. The summed E-state index contributed by atoms with van der Waals surface area (Å²) in [7, 11) is -2.12. The molecular weight excluding hydrogens is 374 g/mol. The van der Waals surface area contributed by atoms with E-state index in [0.717, 1.165) is 22.3 Å². The highest BCUT2D eigenvalue weighted by Gasteiger charge is 2.34. The van der Waals surface area contributed by atoms with Crippen molar-refractivity contribution in [3.8, 4) is 11.3 Å². The summed E-state index contributed by atoms with van der Waals surface area (Å²) in [6.07, 6.45) is 0.700. The number of hydrogen-bond acceptors (Lipinski definition) is 4. The Bertz CT molecular complexity index is 1030. The van der Waals surface area contributed by atoms with E-state index in [1.54, 1.807) is 13.8 Å². The molecule has 2 aromatic rings. The minimum Gasteiger partial charge on any atom is -0.386 e. The smallest absolute Gasteiger partial charge is 0.325 e. The van der Waals surface area contributed by atoms with E-state index in [9.17, 15) is 13.5 Å². The van der Waals surface area contributed by atoms with Gasteiger partial charge in [-0.05, 0) is 61.4 Å². The van der Waals surface area contributed by atoms with E-state index in [1.165, 1.54) is 11.4 Å². The number of hydrogen-bond donors (Lipinski definition) is 2. The predicted octanol–water partition coefficient (Wildman–Crippen LogP) is 3.98. The van der Waals surface area contributed by atoms with Crippen LogP contribution in [0.3, 0.4) is 0 Å². The first-order valence-electron chi connectivity index (χ1n) is 9.33. The lowest BCUT2D eigenvalue weighted by atomic mass is 9.86. The van der Waals surface area contributed by atoms with Crippen molar-refractivity contribution in [2.24, 2.45) is 5.41 Å². The molecular formula is C21H29N3O3S. The Kier molecular flexibility index (Phi) is 4.75. The first kappa shape index (κ1) is 20.6. The van der Waals surface area contributed by atoms with Crippen LogP contribution in [0.4, 0.5) is 11.5 Å². The molecule has 0 aliphatic carbocycles. The topological polar surface area (TPSA) is 82.5 Å². The van der Waals surface area contributed by atoms with Gasteiger partial charge in [-0.1, -0.05) is 32.9 Å². The summed E-state index contributed by atoms with van der Waals surface area (Å²) in [6, 6.07) is 7.75. The van der Waals surface area contributed by atoms with Crippen LogP contribution in [0.1, 0.15) is 51.3 Å². The van der Waals surface area contributed by atoms with Crippen molar-refractivity contribution in [1.29, 1.82) is 0 Å². The van der Waals surface area contributed by atoms with Crippen molar-refractivity contribution in [3.63, 3.8) is 0 Å². The molecule has 0 radical (unpaired) electrons. The molecule has 1 aliphatic rings. The third-order valence-corrected chi connectivity index (χ3v) is 6.27. The normalized spacial score (nSPS) is 16.1. The summed E-state index contributed by atoms with van der Waals surface area (Å²) < 4.78 is 28.6. The Morgan fingerprint density at radius 1 is 1.14 bits per heavy atom. The van der Waals surface area contributed by atoms with Gasteiger partial charge in [0.2, 0.25) is 0 Å². The van der Waals surface area contributed by atoms with Crippen LogP contribution in [0, 0.1) is 12.3 Å². The summed E-state index contributed by atoms with van der Waals surface area (Å²) in [5.74, 6) is 0.407. The number of rotatable bonds is 3. The molecule has 152 valence electrons. The first-order valence-corrected chi connectivity index (χ1v) is 10.8. The number of aryl methyl sites for hydroxylation is 1. The van der Waals surface area contributed by atoms with Crippen molar-refractivity contribution in [2.45, 2.75) is 53.6 Å². The lowest BCUT2D eigenvalue weighted by Crippen LogP contribution is -2.25. The molecule has 0 bridgehead atoms. The largest absolute Gasteiger partial charge is 0.386 e. The molecule has 0 saturated carbocycles. The van der Waals surface area contributed by atoms with E-state index in [0.29, 0.717) is 23.6 Å². The Morgan fingerprint density at radius 2 is 1.79 bits per heavy atom. The highest BCUT2D eigenvalue weighted by atomic mass is 32.2. The number of aliphatic hydroxyl groups is 1. The third kappa shape index (κ3) is 3.86. The van der Waals surface area contributed by atoms with Gasteiger partial charge in [0.05, 0.1) is 17.0 Å². The van der Waals surface area contributed by atoms with Gasteiger partial charge >= 0.3 is 10.2 Å². The van der Waals surface area contributed by atoms with Gasteiger partial charge < -0.3 is 5.11 Å². The van der Waals surface area contributed by atoms with Gasteiger partial charge in [0, 0.05) is 12.6 Å². The summed E-state index contributed by atoms with van der Waals surface area (Å²) in [6.45, 7) is 11.8. The zero-order chi connectivity index (χ0) is 21.1. The highest BCUT2D eigenvalue weighted by molar-refractivity contribution is 7.94. The van der Waals surface area contributed by atoms with Crippen LogP contribution in [-0.4, -0.2) is 25.6 Å². The van der Waals surface area contributed by atoms with Gasteiger partial charge in [-0.25, -0.2) is 9.29 Å². The first-order chi connectivity index (χ1) is 12.7. The van der Waals surface area contributed by atoms with E-state index < -0.39 is 15.8 Å². The molecule has 7 heteroatoms. The minimum absolute atomic E-state index is 0.0248. The van der Waals surface area contributed by atoms with Crippen LogP contribution < -0.4 is 9.03 Å². The van der Waals surface area contributed by atoms with E-state index in [1.807, 2.05) is 31.2 Å². The fraction of sp³-hybridized carbons (Fsp3) is 0.476. The molecule has 0 saturated heterocycles. The molecule has 0 fully saturated rings. The second kappa shape index (κ2) is 6.46. The molecule has 0 unspecified atom stereocenters. The second-order valence-corrected chi connectivity index (χ2v) is 11.0. The summed E-state index contributed by atoms with van der Waals surface area (Å²) >= 11 is 0. The van der Waals surface area contributed by atoms with Crippen molar-refractivity contribution in [2.75, 3.05) is 16.1 Å². The van der Waals surface area contributed by atoms with Crippen LogP contribution >= 0.6 is 0 Å². The lowest BCUT2D eigenvalue weighted by Gasteiger charge is -2.22. The number of aromatic nitrogens is 1. The quantitative estimate of drug-likeness (QED) is 0.812. The van der Waals surface area contributed by atoms with E-state index in [2.05, 4.69) is 30.5 Å². The number of benzene rings is 1. The zero-order valence-corrected chi connectivity index (χ0v) is 18.4. The van der Waals surface area contributed by atoms with E-state index in [-0.39, 0.29) is 5.41 Å². The third-order valence-electron chi connectivity index (χ3n) is 4.91. The molecule has 3 rings (SSSR count). The number of anilines is 2. The molecule has 0 amide bonds. The minimum atomic E-state index is -3.62. The predicted molar refractivity (Wildman–Crippen MR) is 114 cm³/mol.